The van der Waals surface area contributed by atoms with Crippen molar-refractivity contribution in [2.75, 3.05) is 6.61 Å². The van der Waals surface area contributed by atoms with Crippen LogP contribution in [0.15, 0.2) is 24.3 Å². The van der Waals surface area contributed by atoms with Crippen LogP contribution in [-0.4, -0.2) is 11.6 Å². The van der Waals surface area contributed by atoms with Gasteiger partial charge in [0.15, 0.2) is 0 Å². The third kappa shape index (κ3) is 9.46. The van der Waals surface area contributed by atoms with Gasteiger partial charge in [-0.25, -0.2) is 0 Å². The summed E-state index contributed by atoms with van der Waals surface area (Å²) in [5, 5.41) is 0. The van der Waals surface area contributed by atoms with E-state index in [0.29, 0.717) is 11.4 Å². The van der Waals surface area contributed by atoms with Gasteiger partial charge in [0.2, 0.25) is 0 Å². The van der Waals surface area contributed by atoms with Crippen molar-refractivity contribution in [1.29, 1.82) is 0 Å². The number of unbranched alkanes of at least 4 members (excludes halogenated alkanes) is 7. The second-order valence-corrected chi connectivity index (χ2v) is 6.13. The van der Waals surface area contributed by atoms with Gasteiger partial charge in [0.1, 0.15) is 5.75 Å². The van der Waals surface area contributed by atoms with Crippen molar-refractivity contribution in [2.45, 2.75) is 64.7 Å². The first-order chi connectivity index (χ1) is 10.2. The first-order valence-electron chi connectivity index (χ1n) is 8.22. The normalized spacial score (nSPS) is 10.5. The molecule has 0 aromatic heterocycles. The highest BCUT2D eigenvalue weighted by Gasteiger charge is 1.98. The quantitative estimate of drug-likeness (QED) is 0.434. The van der Waals surface area contributed by atoms with Crippen LogP contribution in [0.3, 0.4) is 0 Å². The molecule has 21 heavy (non-hydrogen) atoms. The molecule has 0 aliphatic carbocycles. The number of hydrogen-bond acceptors (Lipinski definition) is 2. The van der Waals surface area contributed by atoms with E-state index in [-0.39, 0.29) is 0 Å². The smallest absolute Gasteiger partial charge is 0.119 e. The van der Waals surface area contributed by atoms with Crippen molar-refractivity contribution in [3.63, 3.8) is 0 Å². The summed E-state index contributed by atoms with van der Waals surface area (Å²) in [5.41, 5.74) is 6.67. The molecule has 0 spiro atoms. The average molecular weight is 308 g/mol. The van der Waals surface area contributed by atoms with E-state index in [2.05, 4.69) is 6.92 Å². The number of ether oxygens (including phenoxy) is 1. The van der Waals surface area contributed by atoms with Gasteiger partial charge in [0, 0.05) is 6.42 Å². The third-order valence-electron chi connectivity index (χ3n) is 3.57. The topological polar surface area (TPSA) is 35.2 Å². The molecule has 0 radical (unpaired) electrons. The minimum absolute atomic E-state index is 0.530. The number of hydrogen-bond donors (Lipinski definition) is 1. The summed E-state index contributed by atoms with van der Waals surface area (Å²) in [4.78, 5) is 0.530. The van der Waals surface area contributed by atoms with Crippen molar-refractivity contribution < 1.29 is 4.74 Å². The fourth-order valence-corrected chi connectivity index (χ4v) is 2.50. The average Bonchev–Trinajstić information content (AvgIpc) is 2.47. The first-order valence-corrected chi connectivity index (χ1v) is 8.63. The van der Waals surface area contributed by atoms with E-state index in [4.69, 9.17) is 22.7 Å². The van der Waals surface area contributed by atoms with Crippen LogP contribution in [0.1, 0.15) is 63.9 Å². The van der Waals surface area contributed by atoms with Gasteiger partial charge < -0.3 is 10.5 Å². The molecule has 3 heteroatoms. The third-order valence-corrected chi connectivity index (χ3v) is 3.71. The Labute approximate surface area is 135 Å². The van der Waals surface area contributed by atoms with Gasteiger partial charge in [0.05, 0.1) is 11.6 Å². The van der Waals surface area contributed by atoms with Crippen LogP contribution < -0.4 is 10.5 Å². The Balaban J connectivity index is 2.03. The van der Waals surface area contributed by atoms with E-state index in [1.807, 2.05) is 24.3 Å². The summed E-state index contributed by atoms with van der Waals surface area (Å²) in [7, 11) is 0. The monoisotopic (exact) mass is 307 g/mol. The zero-order valence-electron chi connectivity index (χ0n) is 13.3. The van der Waals surface area contributed by atoms with Crippen LogP contribution in [0, 0.1) is 0 Å². The summed E-state index contributed by atoms with van der Waals surface area (Å²) in [6.45, 7) is 3.07. The lowest BCUT2D eigenvalue weighted by Gasteiger charge is -2.07. The molecule has 1 aromatic carbocycles. The molecule has 0 aliphatic rings. The molecule has 2 nitrogen and oxygen atoms in total. The Morgan fingerprint density at radius 1 is 0.952 bits per heavy atom. The van der Waals surface area contributed by atoms with Crippen molar-refractivity contribution in [2.24, 2.45) is 5.73 Å². The maximum Gasteiger partial charge on any atom is 0.119 e. The molecule has 0 bridgehead atoms. The Kier molecular flexibility index (Phi) is 9.88. The van der Waals surface area contributed by atoms with Gasteiger partial charge in [0.25, 0.3) is 0 Å². The molecule has 0 fully saturated rings. The van der Waals surface area contributed by atoms with Gasteiger partial charge in [-0.1, -0.05) is 76.2 Å². The standard InChI is InChI=1S/C18H29NOS/c1-2-3-4-5-6-7-8-9-14-20-17-12-10-16(11-13-17)15-18(19)21/h10-13H,2-9,14-15H2,1H3,(H2,19,21). The van der Waals surface area contributed by atoms with E-state index in [0.717, 1.165) is 24.3 Å². The Hall–Kier alpha value is -1.09. The molecule has 1 aromatic rings. The van der Waals surface area contributed by atoms with E-state index in [1.165, 1.54) is 44.9 Å². The van der Waals surface area contributed by atoms with Crippen LogP contribution in [0.25, 0.3) is 0 Å². The van der Waals surface area contributed by atoms with E-state index in [1.54, 1.807) is 0 Å². The zero-order valence-corrected chi connectivity index (χ0v) is 14.1. The van der Waals surface area contributed by atoms with Gasteiger partial charge in [-0.05, 0) is 24.1 Å². The number of rotatable bonds is 12. The van der Waals surface area contributed by atoms with Crippen molar-refractivity contribution in [3.05, 3.63) is 29.8 Å². The highest BCUT2D eigenvalue weighted by atomic mass is 32.1. The second-order valence-electron chi connectivity index (χ2n) is 5.61. The predicted molar refractivity (Wildman–Crippen MR) is 95.0 cm³/mol. The first kappa shape index (κ1) is 18.0. The SMILES string of the molecule is CCCCCCCCCCOc1ccc(CC(N)=S)cc1. The molecular weight excluding hydrogens is 278 g/mol. The minimum atomic E-state index is 0.530. The molecule has 1 rings (SSSR count). The Morgan fingerprint density at radius 2 is 1.52 bits per heavy atom. The largest absolute Gasteiger partial charge is 0.494 e. The lowest BCUT2D eigenvalue weighted by molar-refractivity contribution is 0.304. The maximum absolute atomic E-state index is 5.75. The summed E-state index contributed by atoms with van der Waals surface area (Å²) in [6.07, 6.45) is 11.3. The molecule has 0 aliphatic heterocycles. The fourth-order valence-electron chi connectivity index (χ4n) is 2.33. The van der Waals surface area contributed by atoms with Crippen LogP contribution in [0.2, 0.25) is 0 Å². The lowest BCUT2D eigenvalue weighted by atomic mass is 10.1. The molecule has 0 amide bonds. The summed E-state index contributed by atoms with van der Waals surface area (Å²) in [6, 6.07) is 8.06. The van der Waals surface area contributed by atoms with Crippen LogP contribution in [0.4, 0.5) is 0 Å². The Bertz CT molecular complexity index is 389. The van der Waals surface area contributed by atoms with E-state index in [9.17, 15) is 0 Å². The highest BCUT2D eigenvalue weighted by molar-refractivity contribution is 7.80. The second kappa shape index (κ2) is 11.6. The van der Waals surface area contributed by atoms with Crippen LogP contribution in [-0.2, 0) is 6.42 Å². The van der Waals surface area contributed by atoms with Gasteiger partial charge >= 0.3 is 0 Å². The van der Waals surface area contributed by atoms with Crippen LogP contribution in [0.5, 0.6) is 5.75 Å². The van der Waals surface area contributed by atoms with Gasteiger partial charge in [-0.3, -0.25) is 0 Å². The minimum Gasteiger partial charge on any atom is -0.494 e. The summed E-state index contributed by atoms with van der Waals surface area (Å²) < 4.78 is 5.75. The Morgan fingerprint density at radius 3 is 2.10 bits per heavy atom. The van der Waals surface area contributed by atoms with Gasteiger partial charge in [-0.15, -0.1) is 0 Å². The molecule has 118 valence electrons. The molecule has 0 saturated heterocycles. The molecule has 0 atom stereocenters. The number of benzene rings is 1. The van der Waals surface area contributed by atoms with Crippen molar-refractivity contribution in [3.8, 4) is 5.75 Å². The number of thiocarbonyl (C=S) groups is 1. The molecular formula is C18H29NOS. The van der Waals surface area contributed by atoms with Crippen LogP contribution >= 0.6 is 12.2 Å². The lowest BCUT2D eigenvalue weighted by Crippen LogP contribution is -2.10. The maximum atomic E-state index is 5.75. The molecule has 0 saturated carbocycles. The van der Waals surface area contributed by atoms with E-state index < -0.39 is 0 Å². The van der Waals surface area contributed by atoms with E-state index >= 15 is 0 Å². The molecule has 0 unspecified atom stereocenters. The van der Waals surface area contributed by atoms with Gasteiger partial charge in [-0.2, -0.15) is 0 Å². The summed E-state index contributed by atoms with van der Waals surface area (Å²) >= 11 is 4.90. The predicted octanol–water partition coefficient (Wildman–Crippen LogP) is 5.03. The molecule has 2 N–H and O–H groups in total. The van der Waals surface area contributed by atoms with Crippen molar-refractivity contribution in [1.82, 2.24) is 0 Å². The zero-order chi connectivity index (χ0) is 15.3. The number of nitrogens with two attached hydrogens (primary N) is 1. The fraction of sp³-hybridized carbons (Fsp3) is 0.611. The highest BCUT2D eigenvalue weighted by Crippen LogP contribution is 2.14. The van der Waals surface area contributed by atoms with Crippen molar-refractivity contribution >= 4 is 17.2 Å². The summed E-state index contributed by atoms with van der Waals surface area (Å²) in [5.74, 6) is 0.935. The molecule has 0 heterocycles.